The molecule has 0 bridgehead atoms. The molecule has 6 heteroatoms. The zero-order valence-electron chi connectivity index (χ0n) is 9.63. The third-order valence-corrected chi connectivity index (χ3v) is 2.84. The summed E-state index contributed by atoms with van der Waals surface area (Å²) >= 11 is 0. The second kappa shape index (κ2) is 6.11. The quantitative estimate of drug-likeness (QED) is 0.518. The van der Waals surface area contributed by atoms with Crippen molar-refractivity contribution < 1.29 is 17.1 Å². The number of carbonyl (C=O) groups is 1. The Hall–Kier alpha value is -1.95. The molecule has 96 valence electrons. The normalized spacial score (nSPS) is 12.1. The average molecular weight is 269 g/mol. The van der Waals surface area contributed by atoms with Gasteiger partial charge in [-0.25, -0.2) is 0 Å². The van der Waals surface area contributed by atoms with Crippen molar-refractivity contribution in [3.63, 3.8) is 0 Å². The van der Waals surface area contributed by atoms with Gasteiger partial charge in [-0.2, -0.15) is 8.42 Å². The van der Waals surface area contributed by atoms with Crippen molar-refractivity contribution >= 4 is 21.8 Å². The molecule has 4 nitrogen and oxygen atoms in total. The van der Waals surface area contributed by atoms with Gasteiger partial charge in [0.05, 0.1) is 5.69 Å². The topological polar surface area (TPSA) is 63.2 Å². The number of allylic oxidation sites excluding steroid dienone is 3. The number of para-hydroxylation sites is 1. The molecule has 1 aromatic carbocycles. The van der Waals surface area contributed by atoms with Crippen LogP contribution in [0.3, 0.4) is 0 Å². The Kier molecular flexibility index (Phi) is 4.79. The molecule has 0 aliphatic rings. The van der Waals surface area contributed by atoms with E-state index in [4.69, 9.17) is 0 Å². The van der Waals surface area contributed by atoms with Crippen molar-refractivity contribution in [3.05, 3.63) is 48.6 Å². The first-order valence-corrected chi connectivity index (χ1v) is 6.47. The Morgan fingerprint density at radius 2 is 1.94 bits per heavy atom. The Morgan fingerprint density at radius 1 is 1.28 bits per heavy atom. The minimum Gasteiger partial charge on any atom is -0.321 e. The zero-order valence-corrected chi connectivity index (χ0v) is 10.4. The summed E-state index contributed by atoms with van der Waals surface area (Å²) in [5.41, 5.74) is -0.0878. The predicted octanol–water partition coefficient (Wildman–Crippen LogP) is 2.42. The van der Waals surface area contributed by atoms with Crippen LogP contribution in [-0.4, -0.2) is 14.3 Å². The van der Waals surface area contributed by atoms with Crippen LogP contribution in [0.1, 0.15) is 6.92 Å². The van der Waals surface area contributed by atoms with Gasteiger partial charge in [0.1, 0.15) is 4.90 Å². The summed E-state index contributed by atoms with van der Waals surface area (Å²) in [6.45, 7) is 1.78. The standard InChI is InChI=1S/C12H12FNO3S/c1-2-3-4-9-12(15)14-10-7-5-6-8-11(10)18(13,16)17/h2-9H,1H3,(H,14,15). The SMILES string of the molecule is CC=CC=CC(=O)Nc1ccccc1S(=O)(=O)F. The van der Waals surface area contributed by atoms with E-state index in [1.165, 1.54) is 30.4 Å². The lowest BCUT2D eigenvalue weighted by Crippen LogP contribution is -2.10. The first-order chi connectivity index (χ1) is 8.45. The van der Waals surface area contributed by atoms with Gasteiger partial charge in [0.15, 0.2) is 0 Å². The van der Waals surface area contributed by atoms with Crippen LogP contribution in [0.25, 0.3) is 0 Å². The minimum atomic E-state index is -4.86. The first kappa shape index (κ1) is 14.1. The van der Waals surface area contributed by atoms with E-state index in [9.17, 15) is 17.1 Å². The van der Waals surface area contributed by atoms with Crippen molar-refractivity contribution in [1.29, 1.82) is 0 Å². The number of carbonyl (C=O) groups excluding carboxylic acids is 1. The Morgan fingerprint density at radius 3 is 2.56 bits per heavy atom. The molecule has 1 amide bonds. The van der Waals surface area contributed by atoms with Gasteiger partial charge in [0.25, 0.3) is 0 Å². The van der Waals surface area contributed by atoms with Crippen molar-refractivity contribution in [3.8, 4) is 0 Å². The predicted molar refractivity (Wildman–Crippen MR) is 67.3 cm³/mol. The van der Waals surface area contributed by atoms with Crippen LogP contribution in [0.2, 0.25) is 0 Å². The molecule has 0 aromatic heterocycles. The Labute approximate surface area is 105 Å². The van der Waals surface area contributed by atoms with Crippen LogP contribution in [0.5, 0.6) is 0 Å². The summed E-state index contributed by atoms with van der Waals surface area (Å²) < 4.78 is 34.6. The maximum absolute atomic E-state index is 12.9. The lowest BCUT2D eigenvalue weighted by atomic mass is 10.3. The highest BCUT2D eigenvalue weighted by Crippen LogP contribution is 2.22. The van der Waals surface area contributed by atoms with Gasteiger partial charge in [-0.3, -0.25) is 4.79 Å². The average Bonchev–Trinajstić information content (AvgIpc) is 2.28. The Bertz CT molecular complexity index is 591. The maximum atomic E-state index is 12.9. The van der Waals surface area contributed by atoms with Crippen LogP contribution in [0.15, 0.2) is 53.5 Å². The molecule has 0 heterocycles. The van der Waals surface area contributed by atoms with Crippen LogP contribution in [-0.2, 0) is 15.0 Å². The van der Waals surface area contributed by atoms with Gasteiger partial charge >= 0.3 is 10.2 Å². The fourth-order valence-corrected chi connectivity index (χ4v) is 1.83. The third-order valence-electron chi connectivity index (χ3n) is 1.96. The van der Waals surface area contributed by atoms with Crippen molar-refractivity contribution in [2.45, 2.75) is 11.8 Å². The first-order valence-electron chi connectivity index (χ1n) is 5.09. The molecule has 0 aliphatic carbocycles. The summed E-state index contributed by atoms with van der Waals surface area (Å²) in [4.78, 5) is 10.9. The van der Waals surface area contributed by atoms with Gasteiger partial charge in [0.2, 0.25) is 5.91 Å². The monoisotopic (exact) mass is 269 g/mol. The summed E-state index contributed by atoms with van der Waals surface area (Å²) in [6.07, 6.45) is 6.06. The summed E-state index contributed by atoms with van der Waals surface area (Å²) in [5.74, 6) is -0.538. The van der Waals surface area contributed by atoms with Crippen LogP contribution in [0, 0.1) is 0 Å². The molecule has 1 rings (SSSR count). The minimum absolute atomic E-state index is 0.0878. The van der Waals surface area contributed by atoms with Crippen molar-refractivity contribution in [2.75, 3.05) is 5.32 Å². The number of halogens is 1. The second-order valence-corrected chi connectivity index (χ2v) is 4.62. The molecule has 0 atom stereocenters. The molecule has 18 heavy (non-hydrogen) atoms. The largest absolute Gasteiger partial charge is 0.334 e. The fourth-order valence-electron chi connectivity index (χ4n) is 1.21. The molecule has 0 saturated heterocycles. The number of benzene rings is 1. The van der Waals surface area contributed by atoms with Gasteiger partial charge in [-0.05, 0) is 19.1 Å². The molecule has 0 aliphatic heterocycles. The highest BCUT2D eigenvalue weighted by molar-refractivity contribution is 7.86. The second-order valence-electron chi connectivity index (χ2n) is 3.31. The zero-order chi connectivity index (χ0) is 13.6. The molecule has 1 N–H and O–H groups in total. The molecule has 0 fully saturated rings. The molecule has 1 aromatic rings. The molecule has 0 saturated carbocycles. The van der Waals surface area contributed by atoms with Crippen molar-refractivity contribution in [1.82, 2.24) is 0 Å². The molecule has 0 unspecified atom stereocenters. The van der Waals surface area contributed by atoms with E-state index in [-0.39, 0.29) is 5.69 Å². The van der Waals surface area contributed by atoms with E-state index in [1.54, 1.807) is 19.1 Å². The third kappa shape index (κ3) is 4.14. The Balaban J connectivity index is 2.95. The number of nitrogens with one attached hydrogen (secondary N) is 1. The van der Waals surface area contributed by atoms with Crippen LogP contribution in [0.4, 0.5) is 9.57 Å². The number of amides is 1. The van der Waals surface area contributed by atoms with Crippen LogP contribution >= 0.6 is 0 Å². The van der Waals surface area contributed by atoms with Gasteiger partial charge in [0, 0.05) is 6.08 Å². The van der Waals surface area contributed by atoms with E-state index in [0.29, 0.717) is 0 Å². The number of hydrogen-bond acceptors (Lipinski definition) is 3. The van der Waals surface area contributed by atoms with Crippen molar-refractivity contribution in [2.24, 2.45) is 0 Å². The molecular formula is C12H12FNO3S. The molecule has 0 radical (unpaired) electrons. The lowest BCUT2D eigenvalue weighted by molar-refractivity contribution is -0.111. The summed E-state index contributed by atoms with van der Waals surface area (Å²) in [6, 6.07) is 5.27. The highest BCUT2D eigenvalue weighted by Gasteiger charge is 2.17. The lowest BCUT2D eigenvalue weighted by Gasteiger charge is -2.05. The van der Waals surface area contributed by atoms with Gasteiger partial charge in [-0.15, -0.1) is 3.89 Å². The van der Waals surface area contributed by atoms with E-state index in [2.05, 4.69) is 5.32 Å². The van der Waals surface area contributed by atoms with E-state index in [1.807, 2.05) is 0 Å². The molecule has 0 spiro atoms. The van der Waals surface area contributed by atoms with E-state index >= 15 is 0 Å². The number of rotatable bonds is 4. The van der Waals surface area contributed by atoms with E-state index < -0.39 is 21.0 Å². The van der Waals surface area contributed by atoms with Gasteiger partial charge < -0.3 is 5.32 Å². The highest BCUT2D eigenvalue weighted by atomic mass is 32.3. The number of hydrogen-bond donors (Lipinski definition) is 1. The smallest absolute Gasteiger partial charge is 0.321 e. The van der Waals surface area contributed by atoms with E-state index in [0.717, 1.165) is 6.07 Å². The summed E-state index contributed by atoms with van der Waals surface area (Å²) in [5, 5.41) is 2.30. The van der Waals surface area contributed by atoms with Crippen LogP contribution < -0.4 is 5.32 Å². The fraction of sp³-hybridized carbons (Fsp3) is 0.0833. The number of anilines is 1. The maximum Gasteiger partial charge on any atom is 0.334 e. The summed E-state index contributed by atoms with van der Waals surface area (Å²) in [7, 11) is -4.86. The van der Waals surface area contributed by atoms with Gasteiger partial charge in [-0.1, -0.05) is 30.4 Å². The molecular weight excluding hydrogens is 257 g/mol.